The van der Waals surface area contributed by atoms with Gasteiger partial charge < -0.3 is 19.7 Å². The molecule has 4 atom stereocenters. The van der Waals surface area contributed by atoms with Crippen molar-refractivity contribution in [3.05, 3.63) is 29.8 Å². The highest BCUT2D eigenvalue weighted by Gasteiger charge is 2.43. The molecule has 1 aromatic carbocycles. The van der Waals surface area contributed by atoms with Gasteiger partial charge in [-0.2, -0.15) is 8.42 Å². The molecule has 0 aliphatic carbocycles. The van der Waals surface area contributed by atoms with Crippen LogP contribution in [0.3, 0.4) is 0 Å². The van der Waals surface area contributed by atoms with E-state index >= 15 is 0 Å². The topological polar surface area (TPSA) is 102 Å². The summed E-state index contributed by atoms with van der Waals surface area (Å²) in [6, 6.07) is 6.18. The van der Waals surface area contributed by atoms with E-state index < -0.39 is 41.3 Å². The second kappa shape index (κ2) is 6.39. The number of hydrogen-bond donors (Lipinski definition) is 2. The van der Waals surface area contributed by atoms with Crippen LogP contribution in [0.25, 0.3) is 0 Å². The van der Waals surface area contributed by atoms with Crippen LogP contribution in [0.2, 0.25) is 0 Å². The number of ether oxygens (including phenoxy) is 2. The highest BCUT2D eigenvalue weighted by atomic mass is 32.2. The van der Waals surface area contributed by atoms with Gasteiger partial charge in [-0.1, -0.05) is 17.7 Å². The molecule has 2 rings (SSSR count). The zero-order valence-corrected chi connectivity index (χ0v) is 12.5. The molecule has 0 aromatic heterocycles. The van der Waals surface area contributed by atoms with E-state index in [0.717, 1.165) is 5.56 Å². The summed E-state index contributed by atoms with van der Waals surface area (Å²) in [7, 11) is -2.63. The molecule has 21 heavy (non-hydrogen) atoms. The molecule has 0 amide bonds. The Morgan fingerprint density at radius 3 is 2.33 bits per heavy atom. The van der Waals surface area contributed by atoms with Gasteiger partial charge in [-0.25, -0.2) is 0 Å². The third-order valence-corrected chi connectivity index (χ3v) is 4.54. The van der Waals surface area contributed by atoms with Gasteiger partial charge in [0, 0.05) is 7.11 Å². The smallest absolute Gasteiger partial charge is 0.297 e. The first-order valence-corrected chi connectivity index (χ1v) is 7.76. The van der Waals surface area contributed by atoms with Crippen molar-refractivity contribution in [1.29, 1.82) is 0 Å². The molecule has 0 saturated carbocycles. The molecule has 0 bridgehead atoms. The number of methoxy groups -OCH3 is 1. The summed E-state index contributed by atoms with van der Waals surface area (Å²) in [6.45, 7) is 1.43. The number of rotatable bonds is 5. The summed E-state index contributed by atoms with van der Waals surface area (Å²) in [5, 5.41) is 19.3. The van der Waals surface area contributed by atoms with E-state index in [2.05, 4.69) is 0 Å². The van der Waals surface area contributed by atoms with Crippen LogP contribution in [-0.4, -0.2) is 56.9 Å². The molecule has 0 radical (unpaired) electrons. The van der Waals surface area contributed by atoms with Crippen LogP contribution in [0.5, 0.6) is 0 Å². The third-order valence-electron chi connectivity index (χ3n) is 3.25. The molecule has 1 fully saturated rings. The molecule has 2 N–H and O–H groups in total. The van der Waals surface area contributed by atoms with Crippen LogP contribution >= 0.6 is 0 Å². The fourth-order valence-electron chi connectivity index (χ4n) is 1.98. The first-order chi connectivity index (χ1) is 9.85. The monoisotopic (exact) mass is 318 g/mol. The van der Waals surface area contributed by atoms with Gasteiger partial charge in [0.2, 0.25) is 0 Å². The first kappa shape index (κ1) is 16.3. The van der Waals surface area contributed by atoms with Crippen LogP contribution in [0.1, 0.15) is 5.56 Å². The van der Waals surface area contributed by atoms with Crippen LogP contribution in [0.4, 0.5) is 0 Å². The van der Waals surface area contributed by atoms with Crippen LogP contribution < -0.4 is 0 Å². The Hall–Kier alpha value is -1.03. The molecule has 1 heterocycles. The van der Waals surface area contributed by atoms with Gasteiger partial charge in [-0.3, -0.25) is 4.18 Å². The van der Waals surface area contributed by atoms with Crippen molar-refractivity contribution in [2.75, 3.05) is 13.7 Å². The predicted molar refractivity (Wildman–Crippen MR) is 72.0 cm³/mol. The van der Waals surface area contributed by atoms with E-state index in [4.69, 9.17) is 13.7 Å². The Balaban J connectivity index is 2.01. The number of aliphatic hydroxyl groups excluding tert-OH is 2. The van der Waals surface area contributed by atoms with Crippen molar-refractivity contribution in [2.24, 2.45) is 0 Å². The fraction of sp³-hybridized carbons (Fsp3) is 0.538. The highest BCUT2D eigenvalue weighted by molar-refractivity contribution is 7.86. The Bertz CT molecular complexity index is 569. The zero-order valence-electron chi connectivity index (χ0n) is 11.7. The maximum atomic E-state index is 12.0. The second-order valence-electron chi connectivity index (χ2n) is 4.81. The lowest BCUT2D eigenvalue weighted by Crippen LogP contribution is -2.35. The lowest BCUT2D eigenvalue weighted by atomic mass is 10.1. The molecule has 7 nitrogen and oxygen atoms in total. The number of hydrogen-bond acceptors (Lipinski definition) is 7. The van der Waals surface area contributed by atoms with Crippen LogP contribution in [0.15, 0.2) is 29.2 Å². The van der Waals surface area contributed by atoms with Gasteiger partial charge in [0.25, 0.3) is 10.1 Å². The quantitative estimate of drug-likeness (QED) is 0.724. The van der Waals surface area contributed by atoms with Crippen LogP contribution in [-0.2, 0) is 23.8 Å². The summed E-state index contributed by atoms with van der Waals surface area (Å²) in [5.41, 5.74) is 0.926. The van der Waals surface area contributed by atoms with E-state index in [-0.39, 0.29) is 4.90 Å². The second-order valence-corrected chi connectivity index (χ2v) is 6.43. The molecular formula is C13H18O7S. The third kappa shape index (κ3) is 3.60. The standard InChI is InChI=1S/C13H18O7S/c1-8-3-5-9(6-4-8)21(16,17)19-7-10-11(14)12(15)13(18-2)20-10/h3-6,10-15H,7H2,1-2H3/t10-,11+,12-,13?/m1/s1. The minimum absolute atomic E-state index is 0.0180. The molecule has 1 unspecified atom stereocenters. The van der Waals surface area contributed by atoms with Gasteiger partial charge in [0.1, 0.15) is 18.3 Å². The van der Waals surface area contributed by atoms with E-state index in [1.54, 1.807) is 12.1 Å². The molecule has 1 aliphatic heterocycles. The van der Waals surface area contributed by atoms with Crippen molar-refractivity contribution in [1.82, 2.24) is 0 Å². The lowest BCUT2D eigenvalue weighted by molar-refractivity contribution is -0.151. The van der Waals surface area contributed by atoms with Gasteiger partial charge in [-0.15, -0.1) is 0 Å². The number of aryl methyl sites for hydroxylation is 1. The molecule has 1 aliphatic rings. The largest absolute Gasteiger partial charge is 0.387 e. The Morgan fingerprint density at radius 2 is 1.81 bits per heavy atom. The number of benzene rings is 1. The van der Waals surface area contributed by atoms with Gasteiger partial charge in [0.15, 0.2) is 6.29 Å². The zero-order chi connectivity index (χ0) is 15.6. The minimum atomic E-state index is -3.94. The average Bonchev–Trinajstić information content (AvgIpc) is 2.73. The summed E-state index contributed by atoms with van der Waals surface area (Å²) >= 11 is 0. The Kier molecular flexibility index (Phi) is 4.97. The van der Waals surface area contributed by atoms with E-state index in [1.807, 2.05) is 6.92 Å². The molecule has 118 valence electrons. The van der Waals surface area contributed by atoms with Crippen molar-refractivity contribution in [3.63, 3.8) is 0 Å². The van der Waals surface area contributed by atoms with E-state index in [9.17, 15) is 18.6 Å². The lowest BCUT2D eigenvalue weighted by Gasteiger charge is -2.14. The van der Waals surface area contributed by atoms with Crippen molar-refractivity contribution >= 4 is 10.1 Å². The predicted octanol–water partition coefficient (Wildman–Crippen LogP) is -0.207. The average molecular weight is 318 g/mol. The number of aliphatic hydroxyl groups is 2. The summed E-state index contributed by atoms with van der Waals surface area (Å²) < 4.78 is 38.8. The maximum Gasteiger partial charge on any atom is 0.297 e. The van der Waals surface area contributed by atoms with E-state index in [0.29, 0.717) is 0 Å². The molecular weight excluding hydrogens is 300 g/mol. The minimum Gasteiger partial charge on any atom is -0.387 e. The normalized spacial score (nSPS) is 29.7. The van der Waals surface area contributed by atoms with Gasteiger partial charge in [-0.05, 0) is 19.1 Å². The molecule has 0 spiro atoms. The summed E-state index contributed by atoms with van der Waals surface area (Å²) in [5.74, 6) is 0. The van der Waals surface area contributed by atoms with Crippen molar-refractivity contribution < 1.29 is 32.3 Å². The fourth-order valence-corrected chi connectivity index (χ4v) is 2.90. The molecule has 8 heteroatoms. The molecule has 1 saturated heterocycles. The van der Waals surface area contributed by atoms with Gasteiger partial charge in [0.05, 0.1) is 11.5 Å². The van der Waals surface area contributed by atoms with Crippen LogP contribution in [0, 0.1) is 6.92 Å². The van der Waals surface area contributed by atoms with Crippen molar-refractivity contribution in [3.8, 4) is 0 Å². The highest BCUT2D eigenvalue weighted by Crippen LogP contribution is 2.23. The summed E-state index contributed by atoms with van der Waals surface area (Å²) in [6.07, 6.45) is -4.50. The SMILES string of the molecule is COC1O[C@H](COS(=O)(=O)c2ccc(C)cc2)[C@H](O)[C@H]1O. The van der Waals surface area contributed by atoms with Gasteiger partial charge >= 0.3 is 0 Å². The Morgan fingerprint density at radius 1 is 1.19 bits per heavy atom. The molecule has 1 aromatic rings. The van der Waals surface area contributed by atoms with E-state index in [1.165, 1.54) is 19.2 Å². The summed E-state index contributed by atoms with van der Waals surface area (Å²) in [4.78, 5) is 0.0180. The first-order valence-electron chi connectivity index (χ1n) is 6.35. The Labute approximate surface area is 123 Å². The maximum absolute atomic E-state index is 12.0. The van der Waals surface area contributed by atoms with Crippen molar-refractivity contribution in [2.45, 2.75) is 36.4 Å².